The molecule has 1 aromatic rings. The van der Waals surface area contributed by atoms with Gasteiger partial charge in [-0.2, -0.15) is 5.10 Å². The second kappa shape index (κ2) is 6.19. The van der Waals surface area contributed by atoms with Gasteiger partial charge in [0.05, 0.1) is 11.6 Å². The zero-order valence-corrected chi connectivity index (χ0v) is 12.1. The highest BCUT2D eigenvalue weighted by molar-refractivity contribution is 5.84. The minimum atomic E-state index is -0.122. The predicted octanol–water partition coefficient (Wildman–Crippen LogP) is 1.26. The van der Waals surface area contributed by atoms with Gasteiger partial charge in [-0.05, 0) is 12.8 Å². The molecule has 1 atom stereocenters. The Morgan fingerprint density at radius 3 is 2.79 bits per heavy atom. The third-order valence-electron chi connectivity index (χ3n) is 3.53. The van der Waals surface area contributed by atoms with E-state index in [1.807, 2.05) is 22.8 Å². The van der Waals surface area contributed by atoms with Crippen molar-refractivity contribution in [1.82, 2.24) is 20.0 Å². The monoisotopic (exact) mass is 264 g/mol. The van der Waals surface area contributed by atoms with Crippen molar-refractivity contribution >= 4 is 5.91 Å². The van der Waals surface area contributed by atoms with Gasteiger partial charge in [0.15, 0.2) is 0 Å². The van der Waals surface area contributed by atoms with Gasteiger partial charge >= 0.3 is 0 Å². The molecule has 0 bridgehead atoms. The highest BCUT2D eigenvalue weighted by atomic mass is 16.2. The number of carbonyl (C=O) groups is 1. The Morgan fingerprint density at radius 2 is 2.16 bits per heavy atom. The number of nitrogens with one attached hydrogen (secondary N) is 1. The first-order chi connectivity index (χ1) is 9.17. The van der Waals surface area contributed by atoms with E-state index >= 15 is 0 Å². The molecule has 5 heteroatoms. The maximum Gasteiger partial charge on any atom is 0.233 e. The summed E-state index contributed by atoms with van der Waals surface area (Å²) >= 11 is 0. The van der Waals surface area contributed by atoms with Gasteiger partial charge in [-0.3, -0.25) is 9.48 Å². The summed E-state index contributed by atoms with van der Waals surface area (Å²) in [4.78, 5) is 14.7. The van der Waals surface area contributed by atoms with Crippen molar-refractivity contribution in [2.24, 2.45) is 7.05 Å². The number of aryl methyl sites for hydroxylation is 1. The molecule has 1 aliphatic rings. The van der Waals surface area contributed by atoms with Gasteiger partial charge in [0.25, 0.3) is 0 Å². The van der Waals surface area contributed by atoms with Gasteiger partial charge in [-0.1, -0.05) is 13.8 Å². The average Bonchev–Trinajstić information content (AvgIpc) is 2.77. The van der Waals surface area contributed by atoms with E-state index in [-0.39, 0.29) is 11.8 Å². The summed E-state index contributed by atoms with van der Waals surface area (Å²) in [5.41, 5.74) is 2.11. The lowest BCUT2D eigenvalue weighted by Gasteiger charge is -2.28. The van der Waals surface area contributed by atoms with E-state index in [9.17, 15) is 4.79 Å². The highest BCUT2D eigenvalue weighted by Crippen LogP contribution is 2.24. The fourth-order valence-electron chi connectivity index (χ4n) is 2.73. The van der Waals surface area contributed by atoms with Crippen LogP contribution in [0.2, 0.25) is 0 Å². The Hall–Kier alpha value is -1.36. The first kappa shape index (κ1) is 14.1. The van der Waals surface area contributed by atoms with Crippen molar-refractivity contribution < 1.29 is 4.79 Å². The molecule has 1 N–H and O–H groups in total. The van der Waals surface area contributed by atoms with E-state index in [0.717, 1.165) is 43.7 Å². The maximum absolute atomic E-state index is 12.7. The summed E-state index contributed by atoms with van der Waals surface area (Å²) in [6.07, 6.45) is 4.01. The Bertz CT molecular complexity index is 435. The Morgan fingerprint density at radius 1 is 1.47 bits per heavy atom. The maximum atomic E-state index is 12.7. The zero-order chi connectivity index (χ0) is 13.8. The highest BCUT2D eigenvalue weighted by Gasteiger charge is 2.31. The number of carbonyl (C=O) groups excluding carboxylic acids is 1. The second-order valence-corrected chi connectivity index (χ2v) is 5.22. The number of hydrogen-bond acceptors (Lipinski definition) is 3. The van der Waals surface area contributed by atoms with Crippen LogP contribution < -0.4 is 5.32 Å². The number of nitrogens with zero attached hydrogens (tertiary/aromatic N) is 3. The molecule has 1 aromatic heterocycles. The zero-order valence-electron chi connectivity index (χ0n) is 12.1. The number of aromatic nitrogens is 2. The molecule has 2 heterocycles. The molecule has 5 nitrogen and oxygen atoms in total. The first-order valence-electron chi connectivity index (χ1n) is 7.19. The molecule has 0 fully saturated rings. The van der Waals surface area contributed by atoms with Crippen LogP contribution in [0.3, 0.4) is 0 Å². The lowest BCUT2D eigenvalue weighted by atomic mass is 9.96. The first-order valence-corrected chi connectivity index (χ1v) is 7.19. The van der Waals surface area contributed by atoms with Crippen LogP contribution in [0.1, 0.15) is 43.9 Å². The molecule has 106 valence electrons. The molecule has 2 rings (SSSR count). The van der Waals surface area contributed by atoms with Crippen LogP contribution in [-0.2, 0) is 18.4 Å². The van der Waals surface area contributed by atoms with Crippen molar-refractivity contribution in [3.63, 3.8) is 0 Å². The molecule has 1 aliphatic heterocycles. The molecule has 1 amide bonds. The van der Waals surface area contributed by atoms with Gasteiger partial charge in [0.1, 0.15) is 0 Å². The van der Waals surface area contributed by atoms with Crippen LogP contribution in [0.15, 0.2) is 6.20 Å². The number of rotatable bonds is 5. The molecular formula is C14H24N4O. The lowest BCUT2D eigenvalue weighted by molar-refractivity contribution is -0.133. The lowest BCUT2D eigenvalue weighted by Crippen LogP contribution is -2.42. The van der Waals surface area contributed by atoms with Crippen molar-refractivity contribution in [2.75, 3.05) is 19.6 Å². The summed E-state index contributed by atoms with van der Waals surface area (Å²) in [5, 5.41) is 7.81. The van der Waals surface area contributed by atoms with Crippen molar-refractivity contribution in [3.8, 4) is 0 Å². The molecule has 0 saturated heterocycles. The third-order valence-corrected chi connectivity index (χ3v) is 3.53. The molecule has 0 spiro atoms. The molecule has 0 saturated carbocycles. The predicted molar refractivity (Wildman–Crippen MR) is 74.8 cm³/mol. The average molecular weight is 264 g/mol. The molecular weight excluding hydrogens is 240 g/mol. The van der Waals surface area contributed by atoms with E-state index in [1.54, 1.807) is 0 Å². The van der Waals surface area contributed by atoms with Gasteiger partial charge in [0.2, 0.25) is 5.91 Å². The topological polar surface area (TPSA) is 50.2 Å². The van der Waals surface area contributed by atoms with E-state index in [2.05, 4.69) is 24.3 Å². The summed E-state index contributed by atoms with van der Waals surface area (Å²) in [6.45, 7) is 7.42. The molecule has 0 radical (unpaired) electrons. The third kappa shape index (κ3) is 2.97. The summed E-state index contributed by atoms with van der Waals surface area (Å²) < 4.78 is 1.81. The second-order valence-electron chi connectivity index (χ2n) is 5.22. The number of hydrogen-bond donors (Lipinski definition) is 1. The normalized spacial score (nSPS) is 18.2. The van der Waals surface area contributed by atoms with Crippen LogP contribution in [0.25, 0.3) is 0 Å². The summed E-state index contributed by atoms with van der Waals surface area (Å²) in [6, 6.07) is 0. The minimum absolute atomic E-state index is 0.122. The van der Waals surface area contributed by atoms with E-state index < -0.39 is 0 Å². The van der Waals surface area contributed by atoms with Crippen LogP contribution in [0.4, 0.5) is 0 Å². The van der Waals surface area contributed by atoms with Crippen molar-refractivity contribution in [1.29, 1.82) is 0 Å². The fraction of sp³-hybridized carbons (Fsp3) is 0.714. The smallest absolute Gasteiger partial charge is 0.233 e. The summed E-state index contributed by atoms with van der Waals surface area (Å²) in [5.74, 6) is 0.0962. The van der Waals surface area contributed by atoms with Crippen molar-refractivity contribution in [2.45, 2.75) is 39.2 Å². The number of fused-ring (bicyclic) bond motifs is 1. The Balaban J connectivity index is 2.19. The summed E-state index contributed by atoms with van der Waals surface area (Å²) in [7, 11) is 1.91. The van der Waals surface area contributed by atoms with Gasteiger partial charge in [-0.15, -0.1) is 0 Å². The largest absolute Gasteiger partial charge is 0.342 e. The van der Waals surface area contributed by atoms with Crippen LogP contribution in [0.5, 0.6) is 0 Å². The Labute approximate surface area is 115 Å². The van der Waals surface area contributed by atoms with Crippen LogP contribution >= 0.6 is 0 Å². The van der Waals surface area contributed by atoms with Crippen LogP contribution in [-0.4, -0.2) is 40.2 Å². The van der Waals surface area contributed by atoms with E-state index in [1.165, 1.54) is 0 Å². The minimum Gasteiger partial charge on any atom is -0.342 e. The standard InChI is InChI=1S/C14H24N4O/c1-4-6-18(7-5-2)14(19)12-9-15-8-11-10-17(3)16-13(11)12/h10,12,15H,4-9H2,1-3H3. The van der Waals surface area contributed by atoms with Crippen molar-refractivity contribution in [3.05, 3.63) is 17.5 Å². The van der Waals surface area contributed by atoms with Gasteiger partial charge in [-0.25, -0.2) is 0 Å². The van der Waals surface area contributed by atoms with E-state index in [4.69, 9.17) is 0 Å². The Kier molecular flexibility index (Phi) is 4.58. The number of amides is 1. The molecule has 0 aliphatic carbocycles. The van der Waals surface area contributed by atoms with E-state index in [0.29, 0.717) is 6.54 Å². The van der Waals surface area contributed by atoms with Crippen LogP contribution in [0, 0.1) is 0 Å². The fourth-order valence-corrected chi connectivity index (χ4v) is 2.73. The SMILES string of the molecule is CCCN(CCC)C(=O)C1CNCc2cn(C)nc21. The quantitative estimate of drug-likeness (QED) is 0.871. The van der Waals surface area contributed by atoms with Gasteiger partial charge in [0, 0.05) is 45.0 Å². The van der Waals surface area contributed by atoms with Gasteiger partial charge < -0.3 is 10.2 Å². The molecule has 19 heavy (non-hydrogen) atoms. The molecule has 1 unspecified atom stereocenters. The molecule has 0 aromatic carbocycles.